The number of thiophene rings is 1. The van der Waals surface area contributed by atoms with Crippen molar-refractivity contribution in [2.75, 3.05) is 38.7 Å². The Morgan fingerprint density at radius 3 is 2.63 bits per heavy atom. The molecule has 0 spiro atoms. The number of hydrazine groups is 1. The molecule has 102 valence electrons. The zero-order valence-electron chi connectivity index (χ0n) is 11.6. The van der Waals surface area contributed by atoms with Gasteiger partial charge in [-0.25, -0.2) is 15.0 Å². The highest BCUT2D eigenvalue weighted by Crippen LogP contribution is 2.32. The second-order valence-corrected chi connectivity index (χ2v) is 6.29. The van der Waals surface area contributed by atoms with Crippen LogP contribution in [0.25, 0.3) is 10.2 Å². The Hall–Kier alpha value is -1.24. The molecule has 0 unspecified atom stereocenters. The average molecular weight is 277 g/mol. The lowest BCUT2D eigenvalue weighted by molar-refractivity contribution is 0.178. The minimum Gasteiger partial charge on any atom is -0.304 e. The van der Waals surface area contributed by atoms with Crippen LogP contribution in [0.1, 0.15) is 10.4 Å². The number of nitrogens with zero attached hydrogens (tertiary/aromatic N) is 4. The van der Waals surface area contributed by atoms with Crippen LogP contribution in [0.5, 0.6) is 0 Å². The van der Waals surface area contributed by atoms with Crippen molar-refractivity contribution in [3.63, 3.8) is 0 Å². The van der Waals surface area contributed by atoms with E-state index in [9.17, 15) is 0 Å². The van der Waals surface area contributed by atoms with Crippen LogP contribution in [0.3, 0.4) is 0 Å². The topological polar surface area (TPSA) is 44.3 Å². The SMILES string of the molecule is Cc1sc2ncnc(NN3CCN(C)CC3)c2c1C. The van der Waals surface area contributed by atoms with Gasteiger partial charge in [-0.15, -0.1) is 11.3 Å². The maximum atomic E-state index is 4.42. The second kappa shape index (κ2) is 5.03. The number of hydrogen-bond donors (Lipinski definition) is 1. The van der Waals surface area contributed by atoms with Gasteiger partial charge in [0.1, 0.15) is 11.2 Å². The summed E-state index contributed by atoms with van der Waals surface area (Å²) in [5.74, 6) is 0.941. The van der Waals surface area contributed by atoms with E-state index in [1.807, 2.05) is 0 Å². The molecule has 2 aromatic rings. The largest absolute Gasteiger partial charge is 0.304 e. The number of rotatable bonds is 2. The summed E-state index contributed by atoms with van der Waals surface area (Å²) in [6.07, 6.45) is 1.65. The number of nitrogens with one attached hydrogen (secondary N) is 1. The Morgan fingerprint density at radius 2 is 1.89 bits per heavy atom. The lowest BCUT2D eigenvalue weighted by Gasteiger charge is -2.32. The first-order valence-corrected chi connectivity index (χ1v) is 7.37. The molecule has 2 aromatic heterocycles. The van der Waals surface area contributed by atoms with Crippen molar-refractivity contribution in [1.82, 2.24) is 19.9 Å². The van der Waals surface area contributed by atoms with E-state index in [-0.39, 0.29) is 0 Å². The molecule has 0 amide bonds. The van der Waals surface area contributed by atoms with Gasteiger partial charge < -0.3 is 10.3 Å². The van der Waals surface area contributed by atoms with Crippen molar-refractivity contribution in [3.05, 3.63) is 16.8 Å². The lowest BCUT2D eigenvalue weighted by Crippen LogP contribution is -2.47. The number of aromatic nitrogens is 2. The molecule has 0 aliphatic carbocycles. The minimum absolute atomic E-state index is 0.941. The second-order valence-electron chi connectivity index (χ2n) is 5.09. The third-order valence-electron chi connectivity index (χ3n) is 3.73. The Morgan fingerprint density at radius 1 is 1.16 bits per heavy atom. The van der Waals surface area contributed by atoms with Crippen LogP contribution in [-0.2, 0) is 0 Å². The highest BCUT2D eigenvalue weighted by molar-refractivity contribution is 7.18. The van der Waals surface area contributed by atoms with Gasteiger partial charge in [0.25, 0.3) is 0 Å². The third-order valence-corrected chi connectivity index (χ3v) is 4.85. The fourth-order valence-corrected chi connectivity index (χ4v) is 3.33. The molecule has 0 atom stereocenters. The molecule has 0 saturated carbocycles. The number of anilines is 1. The third kappa shape index (κ3) is 2.43. The normalized spacial score (nSPS) is 18.1. The summed E-state index contributed by atoms with van der Waals surface area (Å²) < 4.78 is 0. The van der Waals surface area contributed by atoms with Crippen molar-refractivity contribution in [1.29, 1.82) is 0 Å². The fourth-order valence-electron chi connectivity index (χ4n) is 2.34. The van der Waals surface area contributed by atoms with Crippen molar-refractivity contribution in [2.45, 2.75) is 13.8 Å². The van der Waals surface area contributed by atoms with E-state index in [2.05, 4.69) is 46.2 Å². The van der Waals surface area contributed by atoms with Gasteiger partial charge in [0.15, 0.2) is 5.82 Å². The highest BCUT2D eigenvalue weighted by Gasteiger charge is 2.17. The molecule has 5 nitrogen and oxygen atoms in total. The number of piperazine rings is 1. The summed E-state index contributed by atoms with van der Waals surface area (Å²) >= 11 is 1.74. The molecule has 1 aliphatic rings. The quantitative estimate of drug-likeness (QED) is 0.908. The molecular weight excluding hydrogens is 258 g/mol. The summed E-state index contributed by atoms with van der Waals surface area (Å²) in [7, 11) is 2.16. The van der Waals surface area contributed by atoms with E-state index < -0.39 is 0 Å². The molecule has 1 aliphatic heterocycles. The Balaban J connectivity index is 1.88. The van der Waals surface area contributed by atoms with Crippen LogP contribution in [0.15, 0.2) is 6.33 Å². The van der Waals surface area contributed by atoms with Crippen LogP contribution in [0.4, 0.5) is 5.82 Å². The molecule has 19 heavy (non-hydrogen) atoms. The Bertz CT molecular complexity index is 586. The molecule has 1 fully saturated rings. The molecule has 0 aromatic carbocycles. The molecule has 6 heteroatoms. The van der Waals surface area contributed by atoms with Gasteiger partial charge in [-0.2, -0.15) is 0 Å². The van der Waals surface area contributed by atoms with E-state index in [1.165, 1.54) is 15.8 Å². The number of likely N-dealkylation sites (N-methyl/N-ethyl adjacent to an activating group) is 1. The van der Waals surface area contributed by atoms with Crippen LogP contribution >= 0.6 is 11.3 Å². The Kier molecular flexibility index (Phi) is 3.38. The summed E-state index contributed by atoms with van der Waals surface area (Å²) in [5.41, 5.74) is 4.75. The van der Waals surface area contributed by atoms with E-state index >= 15 is 0 Å². The summed E-state index contributed by atoms with van der Waals surface area (Å²) in [6.45, 7) is 8.49. The van der Waals surface area contributed by atoms with Crippen LogP contribution in [0, 0.1) is 13.8 Å². The minimum atomic E-state index is 0.941. The maximum absolute atomic E-state index is 4.42. The number of hydrogen-bond acceptors (Lipinski definition) is 6. The number of fused-ring (bicyclic) bond motifs is 1. The lowest BCUT2D eigenvalue weighted by atomic mass is 10.2. The summed E-state index contributed by atoms with van der Waals surface area (Å²) in [6, 6.07) is 0. The van der Waals surface area contributed by atoms with Gasteiger partial charge in [-0.3, -0.25) is 0 Å². The van der Waals surface area contributed by atoms with E-state index in [0.29, 0.717) is 0 Å². The van der Waals surface area contributed by atoms with Crippen LogP contribution in [-0.4, -0.2) is 53.1 Å². The fraction of sp³-hybridized carbons (Fsp3) is 0.538. The van der Waals surface area contributed by atoms with E-state index in [1.54, 1.807) is 17.7 Å². The first-order valence-electron chi connectivity index (χ1n) is 6.56. The average Bonchev–Trinajstić information content (AvgIpc) is 2.69. The molecule has 0 bridgehead atoms. The zero-order valence-corrected chi connectivity index (χ0v) is 12.4. The molecule has 3 heterocycles. The van der Waals surface area contributed by atoms with E-state index in [4.69, 9.17) is 0 Å². The highest BCUT2D eigenvalue weighted by atomic mass is 32.1. The maximum Gasteiger partial charge on any atom is 0.152 e. The van der Waals surface area contributed by atoms with Gasteiger partial charge >= 0.3 is 0 Å². The van der Waals surface area contributed by atoms with Gasteiger partial charge in [0, 0.05) is 31.1 Å². The van der Waals surface area contributed by atoms with Crippen LogP contribution < -0.4 is 5.43 Å². The van der Waals surface area contributed by atoms with Gasteiger partial charge in [0.05, 0.1) is 5.39 Å². The first kappa shape index (κ1) is 12.8. The smallest absolute Gasteiger partial charge is 0.152 e. The molecule has 3 rings (SSSR count). The molecule has 0 radical (unpaired) electrons. The molecular formula is C13H19N5S. The number of aryl methyl sites for hydroxylation is 2. The predicted octanol–water partition coefficient (Wildman–Crippen LogP) is 1.88. The van der Waals surface area contributed by atoms with Gasteiger partial charge in [0.2, 0.25) is 0 Å². The van der Waals surface area contributed by atoms with Crippen LogP contribution in [0.2, 0.25) is 0 Å². The Labute approximate surface area is 117 Å². The van der Waals surface area contributed by atoms with E-state index in [0.717, 1.165) is 36.8 Å². The monoisotopic (exact) mass is 277 g/mol. The zero-order chi connectivity index (χ0) is 13.4. The first-order chi connectivity index (χ1) is 9.15. The van der Waals surface area contributed by atoms with Crippen molar-refractivity contribution < 1.29 is 0 Å². The standard InChI is InChI=1S/C13H19N5S/c1-9-10(2)19-13-11(9)12(14-8-15-13)16-18-6-4-17(3)5-7-18/h8H,4-7H2,1-3H3,(H,14,15,16). The van der Waals surface area contributed by atoms with Crippen molar-refractivity contribution in [3.8, 4) is 0 Å². The molecule has 1 N–H and O–H groups in total. The predicted molar refractivity (Wildman–Crippen MR) is 79.6 cm³/mol. The van der Waals surface area contributed by atoms with Crippen molar-refractivity contribution in [2.24, 2.45) is 0 Å². The van der Waals surface area contributed by atoms with Gasteiger partial charge in [-0.1, -0.05) is 0 Å². The van der Waals surface area contributed by atoms with Gasteiger partial charge in [-0.05, 0) is 26.5 Å². The molecule has 1 saturated heterocycles. The summed E-state index contributed by atoms with van der Waals surface area (Å²) in [5, 5.41) is 3.41. The van der Waals surface area contributed by atoms with Crippen molar-refractivity contribution >= 4 is 27.4 Å². The summed E-state index contributed by atoms with van der Waals surface area (Å²) in [4.78, 5) is 13.5.